The summed E-state index contributed by atoms with van der Waals surface area (Å²) >= 11 is 0. The van der Waals surface area contributed by atoms with Crippen molar-refractivity contribution in [3.05, 3.63) is 95.6 Å². The Labute approximate surface area is 256 Å². The monoisotopic (exact) mass is 714 g/mol. The summed E-state index contributed by atoms with van der Waals surface area (Å²) in [4.78, 5) is 13.4. The summed E-state index contributed by atoms with van der Waals surface area (Å²) < 4.78 is 234. The second kappa shape index (κ2) is 11.2. The Balaban J connectivity index is 1.74. The highest BCUT2D eigenvalue weighted by molar-refractivity contribution is 6.19. The lowest BCUT2D eigenvalue weighted by Gasteiger charge is -2.42. The third-order valence-electron chi connectivity index (χ3n) is 7.43. The van der Waals surface area contributed by atoms with Crippen molar-refractivity contribution in [2.24, 2.45) is 0 Å². The van der Waals surface area contributed by atoms with Crippen LogP contribution in [0.15, 0.2) is 78.9 Å². The number of ketones is 1. The number of fused-ring (bicyclic) bond motifs is 2. The molecule has 0 aliphatic rings. The topological polar surface area (TPSA) is 17.1 Å². The van der Waals surface area contributed by atoms with Gasteiger partial charge in [-0.2, -0.15) is 74.6 Å². The van der Waals surface area contributed by atoms with Crippen LogP contribution in [0.4, 0.5) is 74.6 Å². The summed E-state index contributed by atoms with van der Waals surface area (Å²) in [5, 5.41) is 1.67. The minimum Gasteiger partial charge on any atom is -0.294 e. The molecule has 0 bridgehead atoms. The third-order valence-corrected chi connectivity index (χ3v) is 7.43. The number of alkyl halides is 17. The standard InChI is InChI=1S/C30H15F17O/c31-23(32,24(33,34)25(35,36)26(37,38)27(39,40)28(41,42)29(43,44)30(45,46)47)18-9-5-6-15(12-18)13-21(48)22-19-10-3-1-7-16(19)14-17-8-2-4-11-20(17)22/h1-12,14H,13H2. The van der Waals surface area contributed by atoms with Crippen LogP contribution in [0.25, 0.3) is 21.5 Å². The van der Waals surface area contributed by atoms with Gasteiger partial charge in [0.15, 0.2) is 5.78 Å². The molecular weight excluding hydrogens is 699 g/mol. The first-order valence-electron chi connectivity index (χ1n) is 12.9. The van der Waals surface area contributed by atoms with Crippen LogP contribution in [0.5, 0.6) is 0 Å². The molecule has 0 aliphatic carbocycles. The van der Waals surface area contributed by atoms with Crippen LogP contribution in [-0.4, -0.2) is 47.5 Å². The van der Waals surface area contributed by atoms with Crippen molar-refractivity contribution < 1.29 is 79.4 Å². The van der Waals surface area contributed by atoms with E-state index in [4.69, 9.17) is 0 Å². The Morgan fingerprint density at radius 1 is 0.458 bits per heavy atom. The van der Waals surface area contributed by atoms with Gasteiger partial charge in [-0.05, 0) is 39.2 Å². The van der Waals surface area contributed by atoms with Crippen LogP contribution >= 0.6 is 0 Å². The number of rotatable bonds is 10. The van der Waals surface area contributed by atoms with Crippen LogP contribution in [-0.2, 0) is 12.3 Å². The van der Waals surface area contributed by atoms with Gasteiger partial charge in [-0.15, -0.1) is 0 Å². The molecule has 48 heavy (non-hydrogen) atoms. The molecule has 0 aliphatic heterocycles. The molecule has 0 amide bonds. The van der Waals surface area contributed by atoms with E-state index in [0.717, 1.165) is 6.07 Å². The molecule has 0 saturated heterocycles. The summed E-state index contributed by atoms with van der Waals surface area (Å²) in [5.74, 6) is -58.1. The van der Waals surface area contributed by atoms with E-state index in [1.807, 2.05) is 0 Å². The highest BCUT2D eigenvalue weighted by Gasteiger charge is 2.95. The van der Waals surface area contributed by atoms with Gasteiger partial charge in [0, 0.05) is 17.5 Å². The van der Waals surface area contributed by atoms with Crippen molar-refractivity contribution in [3.8, 4) is 0 Å². The van der Waals surface area contributed by atoms with Crippen molar-refractivity contribution in [2.75, 3.05) is 0 Å². The Morgan fingerprint density at radius 2 is 0.875 bits per heavy atom. The summed E-state index contributed by atoms with van der Waals surface area (Å²) in [6.07, 6.45) is -8.77. The Hall–Kier alpha value is -4.12. The first kappa shape index (κ1) is 36.7. The normalized spacial score (nSPS) is 14.5. The molecule has 0 spiro atoms. The first-order chi connectivity index (χ1) is 21.7. The van der Waals surface area contributed by atoms with E-state index >= 15 is 0 Å². The minimum absolute atomic E-state index is 0.0174. The average Bonchev–Trinajstić information content (AvgIpc) is 2.98. The Bertz CT molecular complexity index is 1800. The van der Waals surface area contributed by atoms with Crippen LogP contribution in [0.1, 0.15) is 21.5 Å². The van der Waals surface area contributed by atoms with E-state index in [0.29, 0.717) is 27.6 Å². The molecule has 0 N–H and O–H groups in total. The van der Waals surface area contributed by atoms with Crippen LogP contribution in [0, 0.1) is 0 Å². The van der Waals surface area contributed by atoms with Gasteiger partial charge >= 0.3 is 47.6 Å². The number of carbonyl (C=O) groups is 1. The van der Waals surface area contributed by atoms with E-state index in [-0.39, 0.29) is 17.7 Å². The number of hydrogen-bond acceptors (Lipinski definition) is 1. The fraction of sp³-hybridized carbons (Fsp3) is 0.300. The van der Waals surface area contributed by atoms with Crippen LogP contribution in [0.3, 0.4) is 0 Å². The summed E-state index contributed by atoms with van der Waals surface area (Å²) in [6, 6.07) is 15.1. The predicted octanol–water partition coefficient (Wildman–Crippen LogP) is 10.9. The van der Waals surface area contributed by atoms with Crippen LogP contribution < -0.4 is 0 Å². The molecule has 4 aromatic rings. The second-order valence-electron chi connectivity index (χ2n) is 10.5. The van der Waals surface area contributed by atoms with Gasteiger partial charge in [-0.3, -0.25) is 4.79 Å². The van der Waals surface area contributed by atoms with Gasteiger partial charge in [-0.1, -0.05) is 66.7 Å². The lowest BCUT2D eigenvalue weighted by atomic mass is 9.86. The number of carbonyl (C=O) groups excluding carboxylic acids is 1. The van der Waals surface area contributed by atoms with E-state index in [1.165, 1.54) is 24.3 Å². The molecule has 0 radical (unpaired) electrons. The van der Waals surface area contributed by atoms with Crippen molar-refractivity contribution in [3.63, 3.8) is 0 Å². The third kappa shape index (κ3) is 5.12. The highest BCUT2D eigenvalue weighted by atomic mass is 19.4. The molecule has 0 unspecified atom stereocenters. The maximum atomic E-state index is 14.9. The molecule has 0 saturated carbocycles. The van der Waals surface area contributed by atoms with Crippen LogP contribution in [0.2, 0.25) is 0 Å². The number of hydrogen-bond donors (Lipinski definition) is 0. The molecule has 4 rings (SSSR count). The first-order valence-corrected chi connectivity index (χ1v) is 12.9. The van der Waals surface area contributed by atoms with E-state index in [1.54, 1.807) is 30.3 Å². The van der Waals surface area contributed by atoms with E-state index in [2.05, 4.69) is 0 Å². The molecule has 0 atom stereocenters. The summed E-state index contributed by atoms with van der Waals surface area (Å²) in [6.45, 7) is 0. The highest BCUT2D eigenvalue weighted by Crippen LogP contribution is 2.65. The largest absolute Gasteiger partial charge is 0.460 e. The van der Waals surface area contributed by atoms with E-state index in [9.17, 15) is 79.4 Å². The second-order valence-corrected chi connectivity index (χ2v) is 10.5. The smallest absolute Gasteiger partial charge is 0.294 e. The Morgan fingerprint density at radius 3 is 1.33 bits per heavy atom. The summed E-state index contributed by atoms with van der Waals surface area (Å²) in [7, 11) is 0. The fourth-order valence-electron chi connectivity index (χ4n) is 4.81. The molecule has 260 valence electrons. The van der Waals surface area contributed by atoms with Gasteiger partial charge in [0.05, 0.1) is 0 Å². The molecule has 4 aromatic carbocycles. The van der Waals surface area contributed by atoms with Crippen molar-refractivity contribution in [1.29, 1.82) is 0 Å². The summed E-state index contributed by atoms with van der Waals surface area (Å²) in [5.41, 5.74) is -3.05. The van der Waals surface area contributed by atoms with Gasteiger partial charge in [0.1, 0.15) is 0 Å². The molecule has 0 aromatic heterocycles. The van der Waals surface area contributed by atoms with Crippen molar-refractivity contribution in [1.82, 2.24) is 0 Å². The predicted molar refractivity (Wildman–Crippen MR) is 136 cm³/mol. The average molecular weight is 714 g/mol. The molecule has 1 nitrogen and oxygen atoms in total. The van der Waals surface area contributed by atoms with E-state index < -0.39 is 71.0 Å². The maximum Gasteiger partial charge on any atom is 0.460 e. The van der Waals surface area contributed by atoms with Crippen molar-refractivity contribution >= 4 is 27.3 Å². The minimum atomic E-state index is -8.71. The zero-order valence-electron chi connectivity index (χ0n) is 23.0. The zero-order valence-corrected chi connectivity index (χ0v) is 23.0. The molecule has 18 heteroatoms. The number of Topliss-reactive ketones (excluding diaryl/α,β-unsaturated/α-hetero) is 1. The fourth-order valence-corrected chi connectivity index (χ4v) is 4.81. The van der Waals surface area contributed by atoms with Gasteiger partial charge in [0.2, 0.25) is 0 Å². The van der Waals surface area contributed by atoms with Gasteiger partial charge in [-0.25, -0.2) is 0 Å². The lowest BCUT2D eigenvalue weighted by Crippen LogP contribution is -2.74. The van der Waals surface area contributed by atoms with Gasteiger partial charge < -0.3 is 0 Å². The Kier molecular flexibility index (Phi) is 8.58. The number of benzene rings is 4. The quantitative estimate of drug-likeness (QED) is 0.0908. The lowest BCUT2D eigenvalue weighted by molar-refractivity contribution is -0.462. The molecule has 0 fully saturated rings. The SMILES string of the molecule is O=C(Cc1cccc(C(F)(F)C(F)(F)C(F)(F)C(F)(F)C(F)(F)C(F)(F)C(F)(F)C(F)(F)F)c1)c1c2ccccc2cc2ccccc12. The van der Waals surface area contributed by atoms with Crippen molar-refractivity contribution in [2.45, 2.75) is 54.1 Å². The number of halogens is 17. The zero-order chi connectivity index (χ0) is 36.5. The molecule has 0 heterocycles. The maximum absolute atomic E-state index is 14.9. The molecular formula is C30H15F17O. The van der Waals surface area contributed by atoms with Gasteiger partial charge in [0.25, 0.3) is 0 Å².